The van der Waals surface area contributed by atoms with Gasteiger partial charge < -0.3 is 14.8 Å². The number of carbonyl (C=O) groups excluding carboxylic acids is 1. The predicted molar refractivity (Wildman–Crippen MR) is 102 cm³/mol. The summed E-state index contributed by atoms with van der Waals surface area (Å²) in [4.78, 5) is 12.3. The standard InChI is InChI=1S/C20H27N5O3/c1-20(2)11-14-7-6-10-16(19(14)28-20)27-13-18(26)21-12-17-22-23-24-25(17)15-8-4-3-5-9-15/h6-7,10,15H,3-5,8-9,11-13H2,1-2H3,(H,21,26). The molecular formula is C20H27N5O3. The first kappa shape index (κ1) is 18.7. The number of nitrogens with zero attached hydrogens (tertiary/aromatic N) is 4. The Morgan fingerprint density at radius 1 is 1.32 bits per heavy atom. The molecule has 150 valence electrons. The molecule has 1 aliphatic heterocycles. The lowest BCUT2D eigenvalue weighted by atomic mass is 9.96. The van der Waals surface area contributed by atoms with E-state index in [1.807, 2.05) is 36.7 Å². The van der Waals surface area contributed by atoms with Crippen LogP contribution >= 0.6 is 0 Å². The third-order valence-corrected chi connectivity index (χ3v) is 5.34. The van der Waals surface area contributed by atoms with Gasteiger partial charge in [-0.25, -0.2) is 4.68 Å². The molecule has 2 heterocycles. The van der Waals surface area contributed by atoms with Gasteiger partial charge in [-0.15, -0.1) is 5.10 Å². The van der Waals surface area contributed by atoms with E-state index in [0.717, 1.165) is 30.6 Å². The van der Waals surface area contributed by atoms with Crippen LogP contribution in [0.15, 0.2) is 18.2 Å². The first-order valence-corrected chi connectivity index (χ1v) is 9.99. The van der Waals surface area contributed by atoms with Crippen LogP contribution in [0.2, 0.25) is 0 Å². The fourth-order valence-corrected chi connectivity index (χ4v) is 4.01. The van der Waals surface area contributed by atoms with Crippen molar-refractivity contribution < 1.29 is 14.3 Å². The van der Waals surface area contributed by atoms with E-state index in [0.29, 0.717) is 24.2 Å². The smallest absolute Gasteiger partial charge is 0.258 e. The Morgan fingerprint density at radius 2 is 2.14 bits per heavy atom. The summed E-state index contributed by atoms with van der Waals surface area (Å²) in [6, 6.07) is 6.12. The van der Waals surface area contributed by atoms with E-state index >= 15 is 0 Å². The van der Waals surface area contributed by atoms with Crippen LogP contribution in [0.4, 0.5) is 0 Å². The van der Waals surface area contributed by atoms with Crippen molar-refractivity contribution in [2.24, 2.45) is 0 Å². The molecule has 0 spiro atoms. The number of rotatable bonds is 6. The summed E-state index contributed by atoms with van der Waals surface area (Å²) in [7, 11) is 0. The van der Waals surface area contributed by atoms with Gasteiger partial charge >= 0.3 is 0 Å². The molecule has 2 aromatic rings. The van der Waals surface area contributed by atoms with Crippen LogP contribution in [-0.4, -0.2) is 38.3 Å². The van der Waals surface area contributed by atoms with E-state index in [9.17, 15) is 4.79 Å². The van der Waals surface area contributed by atoms with E-state index in [-0.39, 0.29) is 18.1 Å². The second-order valence-electron chi connectivity index (χ2n) is 8.18. The molecule has 1 aromatic heterocycles. The molecule has 28 heavy (non-hydrogen) atoms. The molecule has 0 saturated heterocycles. The molecule has 8 nitrogen and oxygen atoms in total. The van der Waals surface area contributed by atoms with E-state index in [2.05, 4.69) is 20.8 Å². The summed E-state index contributed by atoms with van der Waals surface area (Å²) in [6.45, 7) is 4.30. The fraction of sp³-hybridized carbons (Fsp3) is 0.600. The van der Waals surface area contributed by atoms with Crippen LogP contribution < -0.4 is 14.8 Å². The zero-order chi connectivity index (χ0) is 19.6. The van der Waals surface area contributed by atoms with Crippen molar-refractivity contribution in [2.45, 2.75) is 70.6 Å². The number of tetrazole rings is 1. The minimum atomic E-state index is -0.250. The Hall–Kier alpha value is -2.64. The van der Waals surface area contributed by atoms with E-state index in [4.69, 9.17) is 9.47 Å². The maximum atomic E-state index is 12.3. The van der Waals surface area contributed by atoms with Gasteiger partial charge in [-0.05, 0) is 43.2 Å². The highest BCUT2D eigenvalue weighted by atomic mass is 16.5. The number of benzene rings is 1. The van der Waals surface area contributed by atoms with Crippen molar-refractivity contribution in [1.82, 2.24) is 25.5 Å². The molecule has 1 amide bonds. The lowest BCUT2D eigenvalue weighted by molar-refractivity contribution is -0.123. The Labute approximate surface area is 164 Å². The Balaban J connectivity index is 1.31. The maximum absolute atomic E-state index is 12.3. The average molecular weight is 385 g/mol. The predicted octanol–water partition coefficient (Wildman–Crippen LogP) is 2.59. The molecule has 1 saturated carbocycles. The van der Waals surface area contributed by atoms with Crippen LogP contribution in [0.5, 0.6) is 11.5 Å². The molecule has 1 fully saturated rings. The number of fused-ring (bicyclic) bond motifs is 1. The molecular weight excluding hydrogens is 358 g/mol. The van der Waals surface area contributed by atoms with E-state index in [1.165, 1.54) is 19.3 Å². The minimum Gasteiger partial charge on any atom is -0.483 e. The largest absolute Gasteiger partial charge is 0.483 e. The number of amides is 1. The minimum absolute atomic E-state index is 0.0781. The molecule has 2 aliphatic rings. The first-order chi connectivity index (χ1) is 13.5. The number of ether oxygens (including phenoxy) is 2. The molecule has 0 atom stereocenters. The first-order valence-electron chi connectivity index (χ1n) is 9.99. The van der Waals surface area contributed by atoms with Crippen molar-refractivity contribution in [1.29, 1.82) is 0 Å². The summed E-state index contributed by atoms with van der Waals surface area (Å²) < 4.78 is 13.6. The summed E-state index contributed by atoms with van der Waals surface area (Å²) >= 11 is 0. The Kier molecular flexibility index (Phi) is 5.19. The highest BCUT2D eigenvalue weighted by Crippen LogP contribution is 2.41. The third-order valence-electron chi connectivity index (χ3n) is 5.34. The Morgan fingerprint density at radius 3 is 2.96 bits per heavy atom. The van der Waals surface area contributed by atoms with Crippen molar-refractivity contribution in [3.63, 3.8) is 0 Å². The second kappa shape index (κ2) is 7.77. The van der Waals surface area contributed by atoms with Crippen LogP contribution in [0, 0.1) is 0 Å². The van der Waals surface area contributed by atoms with Crippen LogP contribution in [0.3, 0.4) is 0 Å². The van der Waals surface area contributed by atoms with E-state index < -0.39 is 0 Å². The lowest BCUT2D eigenvalue weighted by Gasteiger charge is -2.22. The molecule has 1 N–H and O–H groups in total. The zero-order valence-electron chi connectivity index (χ0n) is 16.5. The van der Waals surface area contributed by atoms with Crippen LogP contribution in [0.25, 0.3) is 0 Å². The monoisotopic (exact) mass is 385 g/mol. The number of hydrogen-bond donors (Lipinski definition) is 1. The average Bonchev–Trinajstić information content (AvgIpc) is 3.28. The highest BCUT2D eigenvalue weighted by Gasteiger charge is 2.32. The van der Waals surface area contributed by atoms with Crippen LogP contribution in [-0.2, 0) is 17.8 Å². The number of hydrogen-bond acceptors (Lipinski definition) is 6. The highest BCUT2D eigenvalue weighted by molar-refractivity contribution is 5.77. The summed E-state index contributed by atoms with van der Waals surface area (Å²) in [5.74, 6) is 1.81. The quantitative estimate of drug-likeness (QED) is 0.822. The molecule has 0 unspecified atom stereocenters. The summed E-state index contributed by atoms with van der Waals surface area (Å²) in [5, 5.41) is 14.8. The van der Waals surface area contributed by atoms with Gasteiger partial charge in [0.1, 0.15) is 5.60 Å². The molecule has 8 heteroatoms. The van der Waals surface area contributed by atoms with Gasteiger partial charge in [-0.2, -0.15) is 0 Å². The third kappa shape index (κ3) is 4.10. The van der Waals surface area contributed by atoms with Gasteiger partial charge in [-0.1, -0.05) is 31.4 Å². The van der Waals surface area contributed by atoms with Gasteiger partial charge in [0.15, 0.2) is 23.9 Å². The maximum Gasteiger partial charge on any atom is 0.258 e. The summed E-state index contributed by atoms with van der Waals surface area (Å²) in [6.07, 6.45) is 6.67. The van der Waals surface area contributed by atoms with Gasteiger partial charge in [0.2, 0.25) is 0 Å². The number of aromatic nitrogens is 4. The number of nitrogens with one attached hydrogen (secondary N) is 1. The van der Waals surface area contributed by atoms with Crippen molar-refractivity contribution in [2.75, 3.05) is 6.61 Å². The second-order valence-corrected chi connectivity index (χ2v) is 8.18. The Bertz CT molecular complexity index is 842. The van der Waals surface area contributed by atoms with Gasteiger partial charge in [0, 0.05) is 12.0 Å². The number of para-hydroxylation sites is 1. The van der Waals surface area contributed by atoms with Crippen molar-refractivity contribution in [3.05, 3.63) is 29.6 Å². The zero-order valence-corrected chi connectivity index (χ0v) is 16.5. The van der Waals surface area contributed by atoms with E-state index in [1.54, 1.807) is 0 Å². The molecule has 0 radical (unpaired) electrons. The molecule has 1 aromatic carbocycles. The van der Waals surface area contributed by atoms with Gasteiger partial charge in [-0.3, -0.25) is 4.79 Å². The van der Waals surface area contributed by atoms with Crippen molar-refractivity contribution >= 4 is 5.91 Å². The number of carbonyl (C=O) groups is 1. The lowest BCUT2D eigenvalue weighted by Crippen LogP contribution is -2.30. The van der Waals surface area contributed by atoms with Gasteiger partial charge in [0.05, 0.1) is 12.6 Å². The molecule has 1 aliphatic carbocycles. The topological polar surface area (TPSA) is 91.2 Å². The van der Waals surface area contributed by atoms with Crippen LogP contribution in [0.1, 0.15) is 63.4 Å². The normalized spacial score (nSPS) is 18.4. The molecule has 0 bridgehead atoms. The van der Waals surface area contributed by atoms with Gasteiger partial charge in [0.25, 0.3) is 5.91 Å². The molecule has 4 rings (SSSR count). The summed E-state index contributed by atoms with van der Waals surface area (Å²) in [5.41, 5.74) is 0.856. The fourth-order valence-electron chi connectivity index (χ4n) is 4.01. The van der Waals surface area contributed by atoms with Crippen molar-refractivity contribution in [3.8, 4) is 11.5 Å². The SMILES string of the molecule is CC1(C)Cc2cccc(OCC(=O)NCc3nnnn3C3CCCCC3)c2O1.